The minimum atomic E-state index is -0.832. The molecular weight excluding hydrogens is 360 g/mol. The van der Waals surface area contributed by atoms with Crippen molar-refractivity contribution in [3.63, 3.8) is 0 Å². The highest BCUT2D eigenvalue weighted by Crippen LogP contribution is 2.29. The number of hydrogen-bond donors (Lipinski definition) is 1. The number of nitrogens with zero attached hydrogens (tertiary/aromatic N) is 2. The first-order chi connectivity index (χ1) is 13.5. The number of carboxylic acids is 1. The van der Waals surface area contributed by atoms with Gasteiger partial charge in [-0.05, 0) is 38.3 Å². The summed E-state index contributed by atoms with van der Waals surface area (Å²) in [4.78, 5) is 39.9. The topological polar surface area (TPSA) is 87.2 Å². The second kappa shape index (κ2) is 9.08. The number of carbonyl (C=O) groups excluding carboxylic acids is 2. The van der Waals surface area contributed by atoms with E-state index in [2.05, 4.69) is 0 Å². The SMILES string of the molecule is CC1C(C(=O)O)CCN1C(=O)C1CCN(C(=O)CCOc2ccccc2)CC1. The predicted octanol–water partition coefficient (Wildman–Crippen LogP) is 2.02. The fourth-order valence-electron chi connectivity index (χ4n) is 4.12. The maximum atomic E-state index is 12.8. The van der Waals surface area contributed by atoms with Crippen LogP contribution in [0.5, 0.6) is 5.75 Å². The van der Waals surface area contributed by atoms with Crippen molar-refractivity contribution in [3.05, 3.63) is 30.3 Å². The van der Waals surface area contributed by atoms with Gasteiger partial charge in [-0.1, -0.05) is 18.2 Å². The van der Waals surface area contributed by atoms with Gasteiger partial charge in [-0.3, -0.25) is 14.4 Å². The zero-order valence-electron chi connectivity index (χ0n) is 16.3. The summed E-state index contributed by atoms with van der Waals surface area (Å²) in [5.74, 6) is -0.604. The second-order valence-electron chi connectivity index (χ2n) is 7.57. The number of carboxylic acid groups (broad SMARTS) is 1. The van der Waals surface area contributed by atoms with Crippen LogP contribution in [0.15, 0.2) is 30.3 Å². The van der Waals surface area contributed by atoms with Crippen molar-refractivity contribution in [2.24, 2.45) is 11.8 Å². The van der Waals surface area contributed by atoms with Gasteiger partial charge in [-0.2, -0.15) is 0 Å². The number of hydrogen-bond acceptors (Lipinski definition) is 4. The summed E-state index contributed by atoms with van der Waals surface area (Å²) in [6.07, 6.45) is 2.09. The minimum absolute atomic E-state index is 0.0377. The van der Waals surface area contributed by atoms with Crippen LogP contribution in [0.1, 0.15) is 32.6 Å². The summed E-state index contributed by atoms with van der Waals surface area (Å²) >= 11 is 0. The van der Waals surface area contributed by atoms with E-state index in [0.717, 1.165) is 5.75 Å². The van der Waals surface area contributed by atoms with Crippen LogP contribution >= 0.6 is 0 Å². The van der Waals surface area contributed by atoms with Crippen LogP contribution in [0.25, 0.3) is 0 Å². The van der Waals surface area contributed by atoms with Crippen LogP contribution in [-0.4, -0.2) is 65.0 Å². The predicted molar refractivity (Wildman–Crippen MR) is 103 cm³/mol. The lowest BCUT2D eigenvalue weighted by Crippen LogP contribution is -2.46. The van der Waals surface area contributed by atoms with Gasteiger partial charge >= 0.3 is 5.97 Å². The van der Waals surface area contributed by atoms with Crippen LogP contribution in [0.3, 0.4) is 0 Å². The van der Waals surface area contributed by atoms with Crippen LogP contribution in [0.4, 0.5) is 0 Å². The Kier molecular flexibility index (Phi) is 6.54. The molecule has 2 atom stereocenters. The van der Waals surface area contributed by atoms with E-state index in [1.165, 1.54) is 0 Å². The van der Waals surface area contributed by atoms with Gasteiger partial charge in [0, 0.05) is 31.6 Å². The Morgan fingerprint density at radius 1 is 1.07 bits per heavy atom. The zero-order chi connectivity index (χ0) is 20.1. The highest BCUT2D eigenvalue weighted by Gasteiger charge is 2.40. The molecule has 2 amide bonds. The first kappa shape index (κ1) is 20.2. The van der Waals surface area contributed by atoms with Crippen molar-refractivity contribution < 1.29 is 24.2 Å². The molecule has 3 rings (SSSR count). The number of aliphatic carboxylic acids is 1. The average Bonchev–Trinajstić information content (AvgIpc) is 3.10. The van der Waals surface area contributed by atoms with Crippen molar-refractivity contribution in [2.45, 2.75) is 38.6 Å². The normalized spacial score (nSPS) is 22.9. The number of likely N-dealkylation sites (tertiary alicyclic amines) is 2. The van der Waals surface area contributed by atoms with Gasteiger partial charge in [0.15, 0.2) is 0 Å². The quantitative estimate of drug-likeness (QED) is 0.806. The summed E-state index contributed by atoms with van der Waals surface area (Å²) < 4.78 is 5.58. The molecule has 152 valence electrons. The molecule has 2 aliphatic heterocycles. The van der Waals surface area contributed by atoms with E-state index in [0.29, 0.717) is 51.9 Å². The molecule has 2 fully saturated rings. The Balaban J connectivity index is 1.42. The highest BCUT2D eigenvalue weighted by atomic mass is 16.5. The lowest BCUT2D eigenvalue weighted by molar-refractivity contribution is -0.145. The van der Waals surface area contributed by atoms with E-state index in [9.17, 15) is 19.5 Å². The van der Waals surface area contributed by atoms with Gasteiger partial charge in [0.25, 0.3) is 0 Å². The minimum Gasteiger partial charge on any atom is -0.493 e. The van der Waals surface area contributed by atoms with Crippen molar-refractivity contribution in [1.29, 1.82) is 0 Å². The van der Waals surface area contributed by atoms with E-state index in [-0.39, 0.29) is 23.8 Å². The molecule has 28 heavy (non-hydrogen) atoms. The Bertz CT molecular complexity index is 700. The Labute approximate surface area is 165 Å². The number of piperidine rings is 1. The lowest BCUT2D eigenvalue weighted by Gasteiger charge is -2.34. The van der Waals surface area contributed by atoms with Crippen molar-refractivity contribution in [2.75, 3.05) is 26.2 Å². The molecule has 7 heteroatoms. The number of ether oxygens (including phenoxy) is 1. The number of benzene rings is 1. The molecule has 1 aromatic carbocycles. The van der Waals surface area contributed by atoms with Crippen molar-refractivity contribution >= 4 is 17.8 Å². The molecule has 0 aliphatic carbocycles. The second-order valence-corrected chi connectivity index (χ2v) is 7.57. The first-order valence-electron chi connectivity index (χ1n) is 9.96. The maximum absolute atomic E-state index is 12.8. The molecule has 0 saturated carbocycles. The summed E-state index contributed by atoms with van der Waals surface area (Å²) in [7, 11) is 0. The third-order valence-electron chi connectivity index (χ3n) is 5.88. The lowest BCUT2D eigenvalue weighted by atomic mass is 9.94. The molecule has 7 nitrogen and oxygen atoms in total. The molecule has 0 aromatic heterocycles. The van der Waals surface area contributed by atoms with Crippen LogP contribution in [0.2, 0.25) is 0 Å². The van der Waals surface area contributed by atoms with E-state index in [1.54, 1.807) is 9.80 Å². The van der Waals surface area contributed by atoms with E-state index in [1.807, 2.05) is 37.3 Å². The molecule has 2 unspecified atom stereocenters. The van der Waals surface area contributed by atoms with Crippen LogP contribution in [0, 0.1) is 11.8 Å². The summed E-state index contributed by atoms with van der Waals surface area (Å²) in [5.41, 5.74) is 0. The van der Waals surface area contributed by atoms with Gasteiger partial charge in [0.1, 0.15) is 5.75 Å². The average molecular weight is 388 g/mol. The number of rotatable bonds is 6. The van der Waals surface area contributed by atoms with Gasteiger partial charge in [0.2, 0.25) is 11.8 Å². The summed E-state index contributed by atoms with van der Waals surface area (Å²) in [6, 6.07) is 9.14. The molecule has 0 spiro atoms. The smallest absolute Gasteiger partial charge is 0.308 e. The summed E-state index contributed by atoms with van der Waals surface area (Å²) in [6.45, 7) is 3.78. The van der Waals surface area contributed by atoms with Crippen molar-refractivity contribution in [3.8, 4) is 5.75 Å². The molecule has 0 radical (unpaired) electrons. The molecular formula is C21H28N2O5. The van der Waals surface area contributed by atoms with E-state index < -0.39 is 11.9 Å². The molecule has 2 saturated heterocycles. The first-order valence-corrected chi connectivity index (χ1v) is 9.96. The number of para-hydroxylation sites is 1. The monoisotopic (exact) mass is 388 g/mol. The maximum Gasteiger partial charge on any atom is 0.308 e. The highest BCUT2D eigenvalue weighted by molar-refractivity contribution is 5.82. The van der Waals surface area contributed by atoms with Gasteiger partial charge in [-0.15, -0.1) is 0 Å². The zero-order valence-corrected chi connectivity index (χ0v) is 16.3. The number of carbonyl (C=O) groups is 3. The van der Waals surface area contributed by atoms with Gasteiger partial charge in [-0.25, -0.2) is 0 Å². The molecule has 1 N–H and O–H groups in total. The largest absolute Gasteiger partial charge is 0.493 e. The fourth-order valence-corrected chi connectivity index (χ4v) is 4.12. The third kappa shape index (κ3) is 4.64. The molecule has 0 bridgehead atoms. The van der Waals surface area contributed by atoms with Gasteiger partial charge < -0.3 is 19.6 Å². The van der Waals surface area contributed by atoms with E-state index >= 15 is 0 Å². The summed E-state index contributed by atoms with van der Waals surface area (Å²) in [5, 5.41) is 9.24. The van der Waals surface area contributed by atoms with Crippen LogP contribution < -0.4 is 4.74 Å². The Morgan fingerprint density at radius 3 is 2.36 bits per heavy atom. The molecule has 2 aliphatic rings. The van der Waals surface area contributed by atoms with E-state index in [4.69, 9.17) is 4.74 Å². The third-order valence-corrected chi connectivity index (χ3v) is 5.88. The van der Waals surface area contributed by atoms with Crippen LogP contribution in [-0.2, 0) is 14.4 Å². The van der Waals surface area contributed by atoms with Gasteiger partial charge in [0.05, 0.1) is 18.9 Å². The standard InChI is InChI=1S/C21H28N2O5/c1-15-18(21(26)27)9-13-23(15)20(25)16-7-11-22(12-8-16)19(24)10-14-28-17-5-3-2-4-6-17/h2-6,15-16,18H,7-14H2,1H3,(H,26,27). The Morgan fingerprint density at radius 2 is 1.75 bits per heavy atom. The Hall–Kier alpha value is -2.57. The van der Waals surface area contributed by atoms with Crippen molar-refractivity contribution in [1.82, 2.24) is 9.80 Å². The molecule has 1 aromatic rings. The fraction of sp³-hybridized carbons (Fsp3) is 0.571. The number of amides is 2. The molecule has 2 heterocycles.